The van der Waals surface area contributed by atoms with Crippen molar-refractivity contribution >= 4 is 17.0 Å². The van der Waals surface area contributed by atoms with Crippen LogP contribution in [0, 0.1) is 0 Å². The van der Waals surface area contributed by atoms with Gasteiger partial charge in [0, 0.05) is 12.6 Å². The Morgan fingerprint density at radius 3 is 3.00 bits per heavy atom. The third kappa shape index (κ3) is 2.11. The molecule has 0 fully saturated rings. The Hall–Kier alpha value is -2.10. The number of nitrogens with zero attached hydrogens (tertiary/aromatic N) is 2. The summed E-state index contributed by atoms with van der Waals surface area (Å²) >= 11 is 0. The van der Waals surface area contributed by atoms with E-state index in [1.165, 1.54) is 6.08 Å². The average molecular weight is 216 g/mol. The Balaban J connectivity index is 2.31. The normalized spacial score (nSPS) is 11.9. The van der Waals surface area contributed by atoms with E-state index in [0.717, 1.165) is 16.6 Å². The molecule has 2 rings (SSSR count). The summed E-state index contributed by atoms with van der Waals surface area (Å²) in [6.07, 6.45) is 2.94. The second kappa shape index (κ2) is 4.18. The molecule has 0 saturated heterocycles. The Bertz CT molecular complexity index is 555. The largest absolute Gasteiger partial charge is 0.478 e. The number of hydrogen-bond acceptors (Lipinski definition) is 2. The van der Waals surface area contributed by atoms with E-state index in [0.29, 0.717) is 6.54 Å². The fourth-order valence-electron chi connectivity index (χ4n) is 1.66. The zero-order chi connectivity index (χ0) is 11.5. The van der Waals surface area contributed by atoms with Gasteiger partial charge in [-0.1, -0.05) is 12.1 Å². The summed E-state index contributed by atoms with van der Waals surface area (Å²) in [5, 5.41) is 8.62. The summed E-state index contributed by atoms with van der Waals surface area (Å²) in [6, 6.07) is 7.77. The lowest BCUT2D eigenvalue weighted by Crippen LogP contribution is -1.99. The zero-order valence-electron chi connectivity index (χ0n) is 8.92. The topological polar surface area (TPSA) is 55.1 Å². The molecule has 1 aromatic heterocycles. The minimum absolute atomic E-state index is 0.548. The van der Waals surface area contributed by atoms with Crippen LogP contribution in [-0.4, -0.2) is 20.6 Å². The van der Waals surface area contributed by atoms with Crippen LogP contribution in [0.2, 0.25) is 0 Å². The zero-order valence-corrected chi connectivity index (χ0v) is 8.92. The van der Waals surface area contributed by atoms with Crippen LogP contribution in [0.3, 0.4) is 0 Å². The van der Waals surface area contributed by atoms with Gasteiger partial charge in [0.2, 0.25) is 0 Å². The standard InChI is InChI=1S/C12H12N2O2/c1-9(6-12(15)16)7-14-8-13-10-4-2-3-5-11(10)14/h2-6,8H,7H2,1H3,(H,15,16). The van der Waals surface area contributed by atoms with E-state index in [1.807, 2.05) is 28.8 Å². The van der Waals surface area contributed by atoms with Crippen LogP contribution in [0.15, 0.2) is 42.2 Å². The van der Waals surface area contributed by atoms with Crippen molar-refractivity contribution in [1.29, 1.82) is 0 Å². The van der Waals surface area contributed by atoms with Crippen LogP contribution in [0.5, 0.6) is 0 Å². The van der Waals surface area contributed by atoms with Crippen LogP contribution < -0.4 is 0 Å². The van der Waals surface area contributed by atoms with Gasteiger partial charge in [-0.2, -0.15) is 0 Å². The Morgan fingerprint density at radius 1 is 1.50 bits per heavy atom. The molecule has 0 bridgehead atoms. The first-order valence-electron chi connectivity index (χ1n) is 4.97. The molecule has 0 spiro atoms. The lowest BCUT2D eigenvalue weighted by atomic mass is 10.2. The summed E-state index contributed by atoms with van der Waals surface area (Å²) in [5.41, 5.74) is 2.72. The minimum atomic E-state index is -0.915. The number of aromatic nitrogens is 2. The van der Waals surface area contributed by atoms with E-state index >= 15 is 0 Å². The molecule has 0 saturated carbocycles. The van der Waals surface area contributed by atoms with Crippen LogP contribution >= 0.6 is 0 Å². The van der Waals surface area contributed by atoms with Gasteiger partial charge in [0.15, 0.2) is 0 Å². The first-order valence-corrected chi connectivity index (χ1v) is 4.97. The van der Waals surface area contributed by atoms with Gasteiger partial charge in [0.05, 0.1) is 17.4 Å². The molecule has 4 nitrogen and oxygen atoms in total. The van der Waals surface area contributed by atoms with Gasteiger partial charge in [0.25, 0.3) is 0 Å². The fourth-order valence-corrected chi connectivity index (χ4v) is 1.66. The first kappa shape index (κ1) is 10.4. The smallest absolute Gasteiger partial charge is 0.328 e. The number of rotatable bonds is 3. The number of imidazole rings is 1. The maximum atomic E-state index is 10.5. The number of aliphatic carboxylic acids is 1. The van der Waals surface area contributed by atoms with Gasteiger partial charge in [-0.05, 0) is 24.6 Å². The molecule has 0 amide bonds. The SMILES string of the molecule is CC(=CC(=O)O)Cn1cnc2ccccc21. The van der Waals surface area contributed by atoms with E-state index < -0.39 is 5.97 Å². The first-order chi connectivity index (χ1) is 7.66. The molecule has 1 N–H and O–H groups in total. The molecule has 16 heavy (non-hydrogen) atoms. The van der Waals surface area contributed by atoms with Gasteiger partial charge in [-0.25, -0.2) is 9.78 Å². The highest BCUT2D eigenvalue weighted by atomic mass is 16.4. The molecule has 82 valence electrons. The summed E-state index contributed by atoms with van der Waals surface area (Å²) in [7, 11) is 0. The molecule has 0 unspecified atom stereocenters. The number of fused-ring (bicyclic) bond motifs is 1. The maximum Gasteiger partial charge on any atom is 0.328 e. The van der Waals surface area contributed by atoms with Crippen molar-refractivity contribution in [3.05, 3.63) is 42.2 Å². The molecule has 0 aliphatic rings. The summed E-state index contributed by atoms with van der Waals surface area (Å²) in [6.45, 7) is 2.34. The van der Waals surface area contributed by atoms with E-state index in [-0.39, 0.29) is 0 Å². The quantitative estimate of drug-likeness (QED) is 0.799. The predicted octanol–water partition coefficient (Wildman–Crippen LogP) is 2.07. The number of para-hydroxylation sites is 2. The number of carboxylic acids is 1. The Morgan fingerprint density at radius 2 is 2.25 bits per heavy atom. The van der Waals surface area contributed by atoms with E-state index in [1.54, 1.807) is 13.3 Å². The van der Waals surface area contributed by atoms with Gasteiger partial charge in [0.1, 0.15) is 0 Å². The second-order valence-corrected chi connectivity index (χ2v) is 3.69. The van der Waals surface area contributed by atoms with Crippen LogP contribution in [-0.2, 0) is 11.3 Å². The molecule has 0 atom stereocenters. The van der Waals surface area contributed by atoms with Crippen molar-refractivity contribution in [2.75, 3.05) is 0 Å². The third-order valence-electron chi connectivity index (χ3n) is 2.32. The maximum absolute atomic E-state index is 10.5. The molecular formula is C12H12N2O2. The number of hydrogen-bond donors (Lipinski definition) is 1. The van der Waals surface area contributed by atoms with Gasteiger partial charge in [-0.15, -0.1) is 0 Å². The van der Waals surface area contributed by atoms with Crippen LogP contribution in [0.25, 0.3) is 11.0 Å². The monoisotopic (exact) mass is 216 g/mol. The molecular weight excluding hydrogens is 204 g/mol. The van der Waals surface area contributed by atoms with Crippen molar-refractivity contribution in [3.8, 4) is 0 Å². The lowest BCUT2D eigenvalue weighted by molar-refractivity contribution is -0.131. The van der Waals surface area contributed by atoms with E-state index in [2.05, 4.69) is 4.98 Å². The van der Waals surface area contributed by atoms with Gasteiger partial charge >= 0.3 is 5.97 Å². The molecule has 2 aromatic rings. The van der Waals surface area contributed by atoms with Crippen molar-refractivity contribution in [2.24, 2.45) is 0 Å². The lowest BCUT2D eigenvalue weighted by Gasteiger charge is -2.03. The predicted molar refractivity (Wildman–Crippen MR) is 61.1 cm³/mol. The van der Waals surface area contributed by atoms with Crippen molar-refractivity contribution in [3.63, 3.8) is 0 Å². The summed E-state index contributed by atoms with van der Waals surface area (Å²) in [4.78, 5) is 14.7. The van der Waals surface area contributed by atoms with Gasteiger partial charge in [-0.3, -0.25) is 0 Å². The number of carbonyl (C=O) groups is 1. The van der Waals surface area contributed by atoms with E-state index in [9.17, 15) is 4.79 Å². The Kier molecular flexibility index (Phi) is 2.72. The highest BCUT2D eigenvalue weighted by Gasteiger charge is 2.02. The third-order valence-corrected chi connectivity index (χ3v) is 2.32. The molecule has 4 heteroatoms. The highest BCUT2D eigenvalue weighted by molar-refractivity contribution is 5.80. The Labute approximate surface area is 92.8 Å². The number of benzene rings is 1. The molecule has 1 heterocycles. The summed E-state index contributed by atoms with van der Waals surface area (Å²) in [5.74, 6) is -0.915. The highest BCUT2D eigenvalue weighted by Crippen LogP contribution is 2.13. The van der Waals surface area contributed by atoms with Crippen molar-refractivity contribution < 1.29 is 9.90 Å². The number of carboxylic acid groups (broad SMARTS) is 1. The van der Waals surface area contributed by atoms with Crippen molar-refractivity contribution in [1.82, 2.24) is 9.55 Å². The second-order valence-electron chi connectivity index (χ2n) is 3.69. The fraction of sp³-hybridized carbons (Fsp3) is 0.167. The van der Waals surface area contributed by atoms with Crippen LogP contribution in [0.4, 0.5) is 0 Å². The van der Waals surface area contributed by atoms with E-state index in [4.69, 9.17) is 5.11 Å². The molecule has 0 radical (unpaired) electrons. The molecule has 0 aliphatic heterocycles. The average Bonchev–Trinajstić information content (AvgIpc) is 2.61. The van der Waals surface area contributed by atoms with Crippen LogP contribution in [0.1, 0.15) is 6.92 Å². The number of allylic oxidation sites excluding steroid dienone is 1. The molecule has 0 aliphatic carbocycles. The van der Waals surface area contributed by atoms with Gasteiger partial charge < -0.3 is 9.67 Å². The summed E-state index contributed by atoms with van der Waals surface area (Å²) < 4.78 is 1.93. The minimum Gasteiger partial charge on any atom is -0.478 e. The molecule has 1 aromatic carbocycles. The van der Waals surface area contributed by atoms with Crippen molar-refractivity contribution in [2.45, 2.75) is 13.5 Å².